The molecule has 2 aliphatic heterocycles. The van der Waals surface area contributed by atoms with Gasteiger partial charge >= 0.3 is 19.5 Å². The van der Waals surface area contributed by atoms with E-state index in [0.29, 0.717) is 12.1 Å². The molecule has 3 atom stereocenters. The van der Waals surface area contributed by atoms with Gasteiger partial charge in [0.05, 0.1) is 24.3 Å². The number of benzene rings is 2. The number of aliphatic hydroxyl groups excluding tert-OH is 1. The summed E-state index contributed by atoms with van der Waals surface area (Å²) in [5, 5.41) is 24.7. The van der Waals surface area contributed by atoms with Crippen molar-refractivity contribution in [2.24, 2.45) is 0 Å². The smallest absolute Gasteiger partial charge is 0.423 e. The molecule has 4 N–H and O–H groups in total. The van der Waals surface area contributed by atoms with Crippen LogP contribution in [0.2, 0.25) is 0 Å². The molecule has 4 rings (SSSR count). The molecule has 1 fully saturated rings. The van der Waals surface area contributed by atoms with Crippen LogP contribution in [0.15, 0.2) is 24.3 Å². The first kappa shape index (κ1) is 36.7. The second-order valence-electron chi connectivity index (χ2n) is 11.3. The minimum absolute atomic E-state index is 0.0197. The van der Waals surface area contributed by atoms with Crippen LogP contribution in [0.3, 0.4) is 0 Å². The number of hydrogen-bond donors (Lipinski definition) is 4. The Hall–Kier alpha value is -3.16. The standard InChI is InChI=1S/C28H28B2F6IN3O7/c1-12(42)2-3-38-25(44)23-22(37)8-15(9-40(23)26(45)14-5-18(27(31,32)33)16(10-41)20(29)6-14)39-24(43)13-4-19(28(34,35)36)17-11-47-30(46)21(17)7-13/h4-7,15,22-23,41,46H,2-3,8-11,29H2,1H3,(H,38,44)(H,39,43). The summed E-state index contributed by atoms with van der Waals surface area (Å²) in [7, 11) is -0.414. The number of carbonyl (C=O) groups excluding carboxylic acids is 4. The zero-order valence-electron chi connectivity index (χ0n) is 24.9. The maximum absolute atomic E-state index is 13.9. The molecule has 3 unspecified atom stereocenters. The van der Waals surface area contributed by atoms with Gasteiger partial charge in [0.15, 0.2) is 0 Å². The van der Waals surface area contributed by atoms with Gasteiger partial charge in [0, 0.05) is 40.6 Å². The van der Waals surface area contributed by atoms with E-state index in [-0.39, 0.29) is 41.7 Å². The lowest BCUT2D eigenvalue weighted by molar-refractivity contribution is -0.139. The van der Waals surface area contributed by atoms with Crippen LogP contribution in [0.4, 0.5) is 26.3 Å². The van der Waals surface area contributed by atoms with Crippen molar-refractivity contribution in [3.63, 3.8) is 0 Å². The highest BCUT2D eigenvalue weighted by Crippen LogP contribution is 2.35. The third-order valence-electron chi connectivity index (χ3n) is 7.93. The Kier molecular flexibility index (Phi) is 11.0. The Bertz CT molecular complexity index is 1590. The number of nitrogens with one attached hydrogen (secondary N) is 2. The molecule has 252 valence electrons. The molecule has 0 aromatic heterocycles. The number of carbonyl (C=O) groups is 4. The molecule has 3 amide bonds. The van der Waals surface area contributed by atoms with Crippen LogP contribution >= 0.6 is 22.6 Å². The normalized spacial score (nSPS) is 19.7. The number of Topliss-reactive ketones (excluding diaryl/α,β-unsaturated/α-hetero) is 1. The van der Waals surface area contributed by atoms with Crippen LogP contribution in [0, 0.1) is 0 Å². The van der Waals surface area contributed by atoms with Crippen molar-refractivity contribution < 1.29 is 60.3 Å². The van der Waals surface area contributed by atoms with Crippen molar-refractivity contribution in [3.8, 4) is 0 Å². The SMILES string of the molecule is Bc1cc(C(=O)N2CC(NC(=O)c3cc4c(c(C(F)(F)F)c3)COB4O)CC(I)C2C(=O)NCCC(C)=O)cc(C(F)(F)F)c1CO. The molecule has 47 heavy (non-hydrogen) atoms. The number of fused-ring (bicyclic) bond motifs is 1. The van der Waals surface area contributed by atoms with E-state index in [0.717, 1.165) is 17.0 Å². The number of hydrogen-bond acceptors (Lipinski definition) is 7. The molecular formula is C28H28B2F6IN3O7. The van der Waals surface area contributed by atoms with Gasteiger partial charge < -0.3 is 30.3 Å². The number of nitrogens with zero attached hydrogens (tertiary/aromatic N) is 1. The van der Waals surface area contributed by atoms with Crippen molar-refractivity contribution in [3.05, 3.63) is 57.6 Å². The Morgan fingerprint density at radius 3 is 2.30 bits per heavy atom. The van der Waals surface area contributed by atoms with E-state index < -0.39 is 101 Å². The van der Waals surface area contributed by atoms with Gasteiger partial charge in [-0.1, -0.05) is 34.1 Å². The molecule has 0 radical (unpaired) electrons. The van der Waals surface area contributed by atoms with E-state index in [9.17, 15) is 55.7 Å². The van der Waals surface area contributed by atoms with Crippen LogP contribution in [0.5, 0.6) is 0 Å². The predicted molar refractivity (Wildman–Crippen MR) is 166 cm³/mol. The fourth-order valence-corrected chi connectivity index (χ4v) is 6.99. The Labute approximate surface area is 279 Å². The molecule has 0 saturated carbocycles. The molecule has 0 aliphatic carbocycles. The predicted octanol–water partition coefficient (Wildman–Crippen LogP) is 0.605. The van der Waals surface area contributed by atoms with Crippen molar-refractivity contribution in [2.75, 3.05) is 13.1 Å². The second-order valence-corrected chi connectivity index (χ2v) is 12.9. The molecule has 19 heteroatoms. The Morgan fingerprint density at radius 1 is 1.06 bits per heavy atom. The molecule has 1 saturated heterocycles. The van der Waals surface area contributed by atoms with Gasteiger partial charge in [0.25, 0.3) is 11.8 Å². The number of amides is 3. The average Bonchev–Trinajstić information content (AvgIpc) is 3.34. The molecule has 2 heterocycles. The lowest BCUT2D eigenvalue weighted by Crippen LogP contribution is -2.62. The van der Waals surface area contributed by atoms with Gasteiger partial charge in [-0.05, 0) is 48.1 Å². The summed E-state index contributed by atoms with van der Waals surface area (Å²) < 4.78 is 87.2. The zero-order chi connectivity index (χ0) is 35.0. The zero-order valence-corrected chi connectivity index (χ0v) is 27.0. The van der Waals surface area contributed by atoms with E-state index >= 15 is 0 Å². The van der Waals surface area contributed by atoms with E-state index in [1.54, 1.807) is 0 Å². The highest BCUT2D eigenvalue weighted by Gasteiger charge is 2.44. The summed E-state index contributed by atoms with van der Waals surface area (Å²) in [6.45, 7) is -0.659. The number of aliphatic hydroxyl groups is 1. The first-order valence-corrected chi connectivity index (χ1v) is 15.5. The van der Waals surface area contributed by atoms with E-state index in [2.05, 4.69) is 10.6 Å². The molecule has 2 aliphatic rings. The van der Waals surface area contributed by atoms with Gasteiger partial charge in [0.1, 0.15) is 19.7 Å². The minimum atomic E-state index is -4.93. The molecule has 2 aromatic carbocycles. The fourth-order valence-electron chi connectivity index (χ4n) is 5.66. The fraction of sp³-hybridized carbons (Fsp3) is 0.429. The van der Waals surface area contributed by atoms with E-state index in [1.807, 2.05) is 22.6 Å². The Balaban J connectivity index is 1.68. The molecular weight excluding hydrogens is 753 g/mol. The number of piperidine rings is 1. The number of likely N-dealkylation sites (tertiary alicyclic amines) is 1. The van der Waals surface area contributed by atoms with Crippen molar-refractivity contribution >= 4 is 72.0 Å². The van der Waals surface area contributed by atoms with Crippen LogP contribution < -0.4 is 21.6 Å². The first-order chi connectivity index (χ1) is 21.8. The number of halogens is 7. The maximum atomic E-state index is 13.9. The number of alkyl halides is 7. The molecule has 10 nitrogen and oxygen atoms in total. The highest BCUT2D eigenvalue weighted by atomic mass is 127. The summed E-state index contributed by atoms with van der Waals surface area (Å²) >= 11 is 1.84. The van der Waals surface area contributed by atoms with Gasteiger partial charge in [-0.3, -0.25) is 19.2 Å². The second kappa shape index (κ2) is 14.1. The summed E-state index contributed by atoms with van der Waals surface area (Å²) in [5.74, 6) is -2.93. The molecule has 0 bridgehead atoms. The van der Waals surface area contributed by atoms with Crippen molar-refractivity contribution in [1.29, 1.82) is 0 Å². The summed E-state index contributed by atoms with van der Waals surface area (Å²) in [6, 6.07) is 1.12. The van der Waals surface area contributed by atoms with E-state index in [4.69, 9.17) is 4.65 Å². The average molecular weight is 781 g/mol. The lowest BCUT2D eigenvalue weighted by Gasteiger charge is -2.42. The monoisotopic (exact) mass is 781 g/mol. The summed E-state index contributed by atoms with van der Waals surface area (Å²) in [5.41, 5.74) is -4.36. The molecule has 2 aromatic rings. The summed E-state index contributed by atoms with van der Waals surface area (Å²) in [6.07, 6.45) is -9.80. The maximum Gasteiger partial charge on any atom is 0.491 e. The first-order valence-electron chi connectivity index (χ1n) is 14.2. The van der Waals surface area contributed by atoms with Crippen LogP contribution in [-0.4, -0.2) is 82.6 Å². The van der Waals surface area contributed by atoms with Crippen LogP contribution in [-0.2, 0) is 39.8 Å². The highest BCUT2D eigenvalue weighted by molar-refractivity contribution is 14.1. The Morgan fingerprint density at radius 2 is 1.70 bits per heavy atom. The third-order valence-corrected chi connectivity index (χ3v) is 9.12. The quantitative estimate of drug-likeness (QED) is 0.133. The topological polar surface area (TPSA) is 145 Å². The van der Waals surface area contributed by atoms with Crippen molar-refractivity contribution in [1.82, 2.24) is 15.5 Å². The molecule has 0 spiro atoms. The minimum Gasteiger partial charge on any atom is -0.423 e. The largest absolute Gasteiger partial charge is 0.491 e. The number of rotatable bonds is 8. The van der Waals surface area contributed by atoms with E-state index in [1.165, 1.54) is 14.8 Å². The van der Waals surface area contributed by atoms with Gasteiger partial charge in [-0.15, -0.1) is 0 Å². The van der Waals surface area contributed by atoms with Gasteiger partial charge in [-0.25, -0.2) is 0 Å². The third kappa shape index (κ3) is 8.11. The summed E-state index contributed by atoms with van der Waals surface area (Å²) in [4.78, 5) is 52.8. The van der Waals surface area contributed by atoms with Gasteiger partial charge in [-0.2, -0.15) is 26.3 Å². The van der Waals surface area contributed by atoms with Gasteiger partial charge in [0.2, 0.25) is 5.91 Å². The van der Waals surface area contributed by atoms with Crippen molar-refractivity contribution in [2.45, 2.75) is 61.3 Å². The number of ketones is 1. The van der Waals surface area contributed by atoms with Crippen LogP contribution in [0.1, 0.15) is 62.7 Å². The lowest BCUT2D eigenvalue weighted by atomic mass is 9.77. The van der Waals surface area contributed by atoms with Crippen LogP contribution in [0.25, 0.3) is 0 Å².